The molecule has 1 aromatic heterocycles. The molecule has 0 radical (unpaired) electrons. The van der Waals surface area contributed by atoms with Crippen LogP contribution in [0.5, 0.6) is 5.88 Å². The number of nitriles is 1. The largest absolute Gasteiger partial charge is 0.477 e. The molecule has 0 bridgehead atoms. The van der Waals surface area contributed by atoms with Crippen molar-refractivity contribution in [3.05, 3.63) is 70.9 Å². The Morgan fingerprint density at radius 1 is 1.33 bits per heavy atom. The van der Waals surface area contributed by atoms with Crippen molar-refractivity contribution in [2.75, 3.05) is 6.61 Å². The van der Waals surface area contributed by atoms with Gasteiger partial charge in [-0.2, -0.15) is 10.4 Å². The molecule has 1 atom stereocenters. The van der Waals surface area contributed by atoms with Gasteiger partial charge in [0.05, 0.1) is 18.2 Å². The fourth-order valence-electron chi connectivity index (χ4n) is 3.15. The van der Waals surface area contributed by atoms with Gasteiger partial charge in [0.15, 0.2) is 0 Å². The molecule has 30 heavy (non-hydrogen) atoms. The Balaban J connectivity index is 1.54. The van der Waals surface area contributed by atoms with Gasteiger partial charge >= 0.3 is 0 Å². The number of nitrogens with zero attached hydrogens (tertiary/aromatic N) is 4. The maximum atomic E-state index is 13.5. The monoisotopic (exact) mass is 410 g/mol. The van der Waals surface area contributed by atoms with Gasteiger partial charge in [-0.15, -0.1) is 0 Å². The lowest BCUT2D eigenvalue weighted by Crippen LogP contribution is -2.28. The Morgan fingerprint density at radius 3 is 2.73 bits per heavy atom. The van der Waals surface area contributed by atoms with Gasteiger partial charge in [-0.25, -0.2) is 18.8 Å². The van der Waals surface area contributed by atoms with Crippen LogP contribution >= 0.6 is 0 Å². The predicted molar refractivity (Wildman–Crippen MR) is 107 cm³/mol. The Kier molecular flexibility index (Phi) is 6.52. The standard InChI is InChI=1S/C22H20F2N4O2/c1-14(4-3-7-30-21-15(2)8-16(12-25)13-26-21)22(29)28-20(5-6-27-28)17-9-18(23)11-19(24)10-17/h6,8-11,13,20H,1,3-5,7H2,2H3. The van der Waals surface area contributed by atoms with Crippen molar-refractivity contribution < 1.29 is 18.3 Å². The Bertz CT molecular complexity index is 1030. The number of hydrogen-bond acceptors (Lipinski definition) is 5. The normalized spacial score (nSPS) is 15.1. The van der Waals surface area contributed by atoms with Crippen molar-refractivity contribution in [1.29, 1.82) is 5.26 Å². The number of rotatable bonds is 7. The van der Waals surface area contributed by atoms with Gasteiger partial charge in [0, 0.05) is 36.0 Å². The average Bonchev–Trinajstić information content (AvgIpc) is 3.20. The van der Waals surface area contributed by atoms with Crippen LogP contribution < -0.4 is 4.74 Å². The van der Waals surface area contributed by atoms with Crippen LogP contribution in [-0.2, 0) is 4.79 Å². The summed E-state index contributed by atoms with van der Waals surface area (Å²) in [5, 5.41) is 14.1. The van der Waals surface area contributed by atoms with Crippen molar-refractivity contribution in [2.24, 2.45) is 5.10 Å². The number of carbonyl (C=O) groups excluding carboxylic acids is 1. The van der Waals surface area contributed by atoms with Crippen molar-refractivity contribution in [3.8, 4) is 11.9 Å². The van der Waals surface area contributed by atoms with Crippen LogP contribution in [0.25, 0.3) is 0 Å². The number of hydrazone groups is 1. The van der Waals surface area contributed by atoms with Crippen molar-refractivity contribution >= 4 is 12.1 Å². The van der Waals surface area contributed by atoms with Crippen LogP contribution in [0.3, 0.4) is 0 Å². The molecule has 2 aromatic rings. The fourth-order valence-corrected chi connectivity index (χ4v) is 3.15. The minimum Gasteiger partial charge on any atom is -0.477 e. The Labute approximate surface area is 173 Å². The molecule has 1 amide bonds. The molecule has 0 saturated carbocycles. The van der Waals surface area contributed by atoms with Crippen LogP contribution in [-0.4, -0.2) is 28.7 Å². The lowest BCUT2D eigenvalue weighted by atomic mass is 10.0. The molecule has 1 aromatic carbocycles. The van der Waals surface area contributed by atoms with Gasteiger partial charge in [-0.3, -0.25) is 4.79 Å². The second-order valence-electron chi connectivity index (χ2n) is 6.92. The van der Waals surface area contributed by atoms with Crippen LogP contribution in [0.2, 0.25) is 0 Å². The number of pyridine rings is 1. The van der Waals surface area contributed by atoms with E-state index in [0.717, 1.165) is 11.6 Å². The number of halogens is 2. The van der Waals surface area contributed by atoms with Crippen LogP contribution in [0.4, 0.5) is 8.78 Å². The van der Waals surface area contributed by atoms with E-state index in [2.05, 4.69) is 16.7 Å². The summed E-state index contributed by atoms with van der Waals surface area (Å²) in [6, 6.07) is 6.32. The van der Waals surface area contributed by atoms with Crippen molar-refractivity contribution in [3.63, 3.8) is 0 Å². The third-order valence-electron chi connectivity index (χ3n) is 4.63. The number of benzene rings is 1. The van der Waals surface area contributed by atoms with Gasteiger partial charge in [0.25, 0.3) is 5.91 Å². The van der Waals surface area contributed by atoms with E-state index in [4.69, 9.17) is 10.00 Å². The number of carbonyl (C=O) groups is 1. The molecule has 1 unspecified atom stereocenters. The minimum atomic E-state index is -0.702. The maximum Gasteiger partial charge on any atom is 0.269 e. The molecule has 8 heteroatoms. The van der Waals surface area contributed by atoms with Crippen LogP contribution in [0.15, 0.2) is 47.7 Å². The summed E-state index contributed by atoms with van der Waals surface area (Å²) in [7, 11) is 0. The highest BCUT2D eigenvalue weighted by atomic mass is 19.1. The quantitative estimate of drug-likeness (QED) is 0.506. The zero-order valence-electron chi connectivity index (χ0n) is 16.4. The van der Waals surface area contributed by atoms with E-state index < -0.39 is 23.6 Å². The lowest BCUT2D eigenvalue weighted by molar-refractivity contribution is -0.129. The highest BCUT2D eigenvalue weighted by Crippen LogP contribution is 2.30. The number of aryl methyl sites for hydroxylation is 1. The summed E-state index contributed by atoms with van der Waals surface area (Å²) in [6.07, 6.45) is 4.23. The molecule has 3 rings (SSSR count). The van der Waals surface area contributed by atoms with Gasteiger partial charge in [-0.1, -0.05) is 6.58 Å². The summed E-state index contributed by atoms with van der Waals surface area (Å²) in [5.41, 5.74) is 1.87. The van der Waals surface area contributed by atoms with Gasteiger partial charge in [0.1, 0.15) is 17.7 Å². The Morgan fingerprint density at radius 2 is 2.07 bits per heavy atom. The summed E-state index contributed by atoms with van der Waals surface area (Å²) in [5.74, 6) is -1.37. The molecular formula is C22H20F2N4O2. The van der Waals surface area contributed by atoms with Crippen molar-refractivity contribution in [2.45, 2.75) is 32.2 Å². The van der Waals surface area contributed by atoms with E-state index in [1.807, 2.05) is 6.07 Å². The second-order valence-corrected chi connectivity index (χ2v) is 6.92. The summed E-state index contributed by atoms with van der Waals surface area (Å²) in [4.78, 5) is 16.8. The highest BCUT2D eigenvalue weighted by Gasteiger charge is 2.30. The molecule has 2 heterocycles. The average molecular weight is 410 g/mol. The van der Waals surface area contributed by atoms with E-state index in [-0.39, 0.29) is 0 Å². The molecule has 0 fully saturated rings. The smallest absolute Gasteiger partial charge is 0.269 e. The molecule has 0 saturated heterocycles. The SMILES string of the molecule is C=C(CCCOc1ncc(C#N)cc1C)C(=O)N1N=CCC1c1cc(F)cc(F)c1. The number of aromatic nitrogens is 1. The first-order chi connectivity index (χ1) is 14.4. The number of ether oxygens (including phenoxy) is 1. The van der Waals surface area contributed by atoms with Crippen molar-refractivity contribution in [1.82, 2.24) is 9.99 Å². The van der Waals surface area contributed by atoms with Gasteiger partial charge in [0.2, 0.25) is 5.88 Å². The Hall–Kier alpha value is -3.60. The zero-order valence-corrected chi connectivity index (χ0v) is 16.4. The van der Waals surface area contributed by atoms with E-state index >= 15 is 0 Å². The van der Waals surface area contributed by atoms with E-state index in [9.17, 15) is 13.6 Å². The predicted octanol–water partition coefficient (Wildman–Crippen LogP) is 4.21. The molecular weight excluding hydrogens is 390 g/mol. The van der Waals surface area contributed by atoms with Crippen LogP contribution in [0, 0.1) is 29.9 Å². The summed E-state index contributed by atoms with van der Waals surface area (Å²) in [6.45, 7) is 5.94. The fraction of sp³-hybridized carbons (Fsp3) is 0.273. The first kappa shape index (κ1) is 21.1. The molecule has 154 valence electrons. The van der Waals surface area contributed by atoms with Gasteiger partial charge < -0.3 is 4.74 Å². The first-order valence-corrected chi connectivity index (χ1v) is 9.38. The molecule has 0 N–H and O–H groups in total. The third-order valence-corrected chi connectivity index (χ3v) is 4.63. The van der Waals surface area contributed by atoms with E-state index in [0.29, 0.717) is 48.4 Å². The summed E-state index contributed by atoms with van der Waals surface area (Å²) >= 11 is 0. The molecule has 0 aliphatic carbocycles. The van der Waals surface area contributed by atoms with Gasteiger partial charge in [-0.05, 0) is 43.5 Å². The van der Waals surface area contributed by atoms with E-state index in [1.165, 1.54) is 23.3 Å². The topological polar surface area (TPSA) is 78.6 Å². The molecule has 1 aliphatic rings. The third kappa shape index (κ3) is 4.87. The second kappa shape index (κ2) is 9.27. The van der Waals surface area contributed by atoms with Crippen LogP contribution in [0.1, 0.15) is 42.0 Å². The minimum absolute atomic E-state index is 0.313. The van der Waals surface area contributed by atoms with E-state index in [1.54, 1.807) is 19.2 Å². The molecule has 1 aliphatic heterocycles. The number of hydrogen-bond donors (Lipinski definition) is 0. The molecule has 6 nitrogen and oxygen atoms in total. The maximum absolute atomic E-state index is 13.5. The zero-order chi connectivity index (χ0) is 21.7. The first-order valence-electron chi connectivity index (χ1n) is 9.38. The highest BCUT2D eigenvalue weighted by molar-refractivity contribution is 5.94. The molecule has 0 spiro atoms. The number of amides is 1. The summed E-state index contributed by atoms with van der Waals surface area (Å²) < 4.78 is 32.7. The lowest BCUT2D eigenvalue weighted by Gasteiger charge is -2.23.